The molecule has 0 aliphatic carbocycles. The minimum atomic E-state index is -2.56. The van der Waals surface area contributed by atoms with E-state index in [2.05, 4.69) is 23.6 Å². The van der Waals surface area contributed by atoms with Crippen molar-refractivity contribution in [1.29, 1.82) is 0 Å². The third-order valence-corrected chi connectivity index (χ3v) is 7.51. The van der Waals surface area contributed by atoms with Crippen molar-refractivity contribution in [2.45, 2.75) is 71.8 Å². The minimum absolute atomic E-state index is 0.0981. The Morgan fingerprint density at radius 3 is 2.41 bits per heavy atom. The molecule has 2 unspecified atom stereocenters. The number of hydrogen-bond acceptors (Lipinski definition) is 4. The highest BCUT2D eigenvalue weighted by molar-refractivity contribution is 5.95. The summed E-state index contributed by atoms with van der Waals surface area (Å²) in [6.45, 7) is 12.7. The van der Waals surface area contributed by atoms with E-state index >= 15 is 0 Å². The van der Waals surface area contributed by atoms with Gasteiger partial charge in [-0.2, -0.15) is 0 Å². The summed E-state index contributed by atoms with van der Waals surface area (Å²) in [6, 6.07) is 4.09. The molecule has 0 bridgehead atoms. The number of rotatable bonds is 8. The van der Waals surface area contributed by atoms with E-state index in [1.54, 1.807) is 0 Å². The van der Waals surface area contributed by atoms with E-state index in [1.807, 2.05) is 24.0 Å². The van der Waals surface area contributed by atoms with Crippen molar-refractivity contribution >= 4 is 11.6 Å². The molecule has 1 aromatic rings. The molecule has 0 saturated carbocycles. The number of halogens is 2. The fourth-order valence-corrected chi connectivity index (χ4v) is 5.94. The number of benzene rings is 1. The summed E-state index contributed by atoms with van der Waals surface area (Å²) >= 11 is 0. The Balaban J connectivity index is 1.43. The zero-order chi connectivity index (χ0) is 24.3. The molecule has 3 aliphatic heterocycles. The van der Waals surface area contributed by atoms with Gasteiger partial charge in [0.2, 0.25) is 5.91 Å². The molecular weight excluding hydrogens is 436 g/mol. The van der Waals surface area contributed by atoms with Crippen LogP contribution in [0.3, 0.4) is 0 Å². The topological polar surface area (TPSA) is 36.0 Å². The van der Waals surface area contributed by atoms with Crippen molar-refractivity contribution in [3.63, 3.8) is 0 Å². The molecule has 7 heteroatoms. The van der Waals surface area contributed by atoms with Gasteiger partial charge in [-0.15, -0.1) is 0 Å². The van der Waals surface area contributed by atoms with Crippen molar-refractivity contribution in [3.05, 3.63) is 23.3 Å². The molecule has 34 heavy (non-hydrogen) atoms. The Kier molecular flexibility index (Phi) is 8.13. The van der Waals surface area contributed by atoms with Crippen LogP contribution in [0.5, 0.6) is 5.75 Å². The van der Waals surface area contributed by atoms with Gasteiger partial charge < -0.3 is 14.5 Å². The number of carbonyl (C=O) groups excluding carboxylic acids is 1. The molecule has 0 N–H and O–H groups in total. The standard InChI is InChI=1S/C27H41F2N3O2/c1-20-14-21(2)18-31(17-20)9-5-13-34-26-22(3)15-24(32-10-4-6-25(32)33)16-23(26)19-30-11-7-27(28,29)8-12-30/h15-16,20-21H,4-14,17-19H2,1-3H3. The van der Waals surface area contributed by atoms with Crippen LogP contribution in [0.2, 0.25) is 0 Å². The first-order valence-electron chi connectivity index (χ1n) is 13.1. The number of alkyl halides is 2. The second-order valence-corrected chi connectivity index (χ2v) is 10.9. The number of carbonyl (C=O) groups is 1. The van der Waals surface area contributed by atoms with Crippen molar-refractivity contribution in [3.8, 4) is 5.75 Å². The largest absolute Gasteiger partial charge is 0.493 e. The Morgan fingerprint density at radius 2 is 1.76 bits per heavy atom. The van der Waals surface area contributed by atoms with Gasteiger partial charge in [0.15, 0.2) is 0 Å². The molecule has 2 atom stereocenters. The third kappa shape index (κ3) is 6.48. The third-order valence-electron chi connectivity index (χ3n) is 7.51. The van der Waals surface area contributed by atoms with Crippen LogP contribution >= 0.6 is 0 Å². The Hall–Kier alpha value is -1.73. The maximum absolute atomic E-state index is 13.7. The van der Waals surface area contributed by atoms with Crippen LogP contribution in [0.25, 0.3) is 0 Å². The number of ether oxygens (including phenoxy) is 1. The van der Waals surface area contributed by atoms with Gasteiger partial charge in [-0.1, -0.05) is 13.8 Å². The van der Waals surface area contributed by atoms with Gasteiger partial charge in [-0.25, -0.2) is 8.78 Å². The number of nitrogens with zero attached hydrogens (tertiary/aromatic N) is 3. The van der Waals surface area contributed by atoms with Crippen LogP contribution < -0.4 is 9.64 Å². The molecular formula is C27H41F2N3O2. The smallest absolute Gasteiger partial charge is 0.250 e. The molecule has 5 nitrogen and oxygen atoms in total. The highest BCUT2D eigenvalue weighted by Gasteiger charge is 2.34. The van der Waals surface area contributed by atoms with Crippen LogP contribution in [-0.2, 0) is 11.3 Å². The highest BCUT2D eigenvalue weighted by atomic mass is 19.3. The van der Waals surface area contributed by atoms with Crippen molar-refractivity contribution in [2.75, 3.05) is 50.8 Å². The summed E-state index contributed by atoms with van der Waals surface area (Å²) < 4.78 is 33.7. The van der Waals surface area contributed by atoms with E-state index in [1.165, 1.54) is 6.42 Å². The number of amides is 1. The Morgan fingerprint density at radius 1 is 1.06 bits per heavy atom. The summed E-state index contributed by atoms with van der Waals surface area (Å²) in [7, 11) is 0. The zero-order valence-corrected chi connectivity index (χ0v) is 21.1. The summed E-state index contributed by atoms with van der Waals surface area (Å²) in [5, 5.41) is 0. The summed E-state index contributed by atoms with van der Waals surface area (Å²) in [5.74, 6) is -0.0544. The maximum Gasteiger partial charge on any atom is 0.250 e. The van der Waals surface area contributed by atoms with Gasteiger partial charge in [0.1, 0.15) is 5.75 Å². The van der Waals surface area contributed by atoms with Gasteiger partial charge in [0.05, 0.1) is 6.61 Å². The fourth-order valence-electron chi connectivity index (χ4n) is 5.94. The lowest BCUT2D eigenvalue weighted by Crippen LogP contribution is -2.39. The summed E-state index contributed by atoms with van der Waals surface area (Å²) in [6.07, 6.45) is 3.53. The van der Waals surface area contributed by atoms with E-state index in [4.69, 9.17) is 4.74 Å². The Bertz CT molecular complexity index is 843. The molecule has 4 rings (SSSR count). The molecule has 0 spiro atoms. The lowest BCUT2D eigenvalue weighted by atomic mass is 9.92. The maximum atomic E-state index is 13.7. The van der Waals surface area contributed by atoms with E-state index in [0.717, 1.165) is 73.4 Å². The molecule has 1 amide bonds. The molecule has 0 radical (unpaired) electrons. The first-order valence-corrected chi connectivity index (χ1v) is 13.1. The predicted octanol–water partition coefficient (Wildman–Crippen LogP) is 5.10. The molecule has 0 aromatic heterocycles. The van der Waals surface area contributed by atoms with E-state index in [0.29, 0.717) is 32.7 Å². The second-order valence-electron chi connectivity index (χ2n) is 10.9. The SMILES string of the molecule is Cc1cc(N2CCCC2=O)cc(CN2CCC(F)(F)CC2)c1OCCCN1CC(C)CC(C)C1. The lowest BCUT2D eigenvalue weighted by Gasteiger charge is -2.35. The number of piperidine rings is 2. The van der Waals surface area contributed by atoms with E-state index in [9.17, 15) is 13.6 Å². The first kappa shape index (κ1) is 25.4. The first-order chi connectivity index (χ1) is 16.2. The average Bonchev–Trinajstić information content (AvgIpc) is 3.19. The quantitative estimate of drug-likeness (QED) is 0.488. The van der Waals surface area contributed by atoms with Gasteiger partial charge in [-0.3, -0.25) is 9.69 Å². The minimum Gasteiger partial charge on any atom is -0.493 e. The fraction of sp³-hybridized carbons (Fsp3) is 0.741. The predicted molar refractivity (Wildman–Crippen MR) is 132 cm³/mol. The number of likely N-dealkylation sites (tertiary alicyclic amines) is 2. The summed E-state index contributed by atoms with van der Waals surface area (Å²) in [4.78, 5) is 18.8. The molecule has 3 heterocycles. The number of aryl methyl sites for hydroxylation is 1. The van der Waals surface area contributed by atoms with Crippen LogP contribution in [0.1, 0.15) is 63.5 Å². The van der Waals surface area contributed by atoms with E-state index in [-0.39, 0.29) is 18.7 Å². The normalized spacial score (nSPS) is 26.3. The van der Waals surface area contributed by atoms with Gasteiger partial charge >= 0.3 is 0 Å². The van der Waals surface area contributed by atoms with Crippen molar-refractivity contribution < 1.29 is 18.3 Å². The van der Waals surface area contributed by atoms with Crippen LogP contribution in [0.15, 0.2) is 12.1 Å². The number of hydrogen-bond donors (Lipinski definition) is 0. The molecule has 3 aliphatic rings. The van der Waals surface area contributed by atoms with Crippen LogP contribution in [0, 0.1) is 18.8 Å². The molecule has 1 aromatic carbocycles. The highest BCUT2D eigenvalue weighted by Crippen LogP contribution is 2.35. The van der Waals surface area contributed by atoms with Gasteiger partial charge in [0.25, 0.3) is 5.92 Å². The average molecular weight is 478 g/mol. The van der Waals surface area contributed by atoms with Crippen molar-refractivity contribution in [1.82, 2.24) is 9.80 Å². The number of anilines is 1. The zero-order valence-electron chi connectivity index (χ0n) is 21.1. The summed E-state index contributed by atoms with van der Waals surface area (Å²) in [5.41, 5.74) is 2.91. The van der Waals surface area contributed by atoms with Gasteiger partial charge in [0, 0.05) is 76.3 Å². The van der Waals surface area contributed by atoms with Gasteiger partial charge in [-0.05, 0) is 55.7 Å². The lowest BCUT2D eigenvalue weighted by molar-refractivity contribution is -0.117. The molecule has 3 fully saturated rings. The molecule has 190 valence electrons. The van der Waals surface area contributed by atoms with Crippen LogP contribution in [-0.4, -0.2) is 67.5 Å². The molecule has 3 saturated heterocycles. The Labute approximate surface area is 203 Å². The second kappa shape index (κ2) is 10.9. The van der Waals surface area contributed by atoms with E-state index < -0.39 is 5.92 Å². The van der Waals surface area contributed by atoms with Crippen molar-refractivity contribution in [2.24, 2.45) is 11.8 Å². The monoisotopic (exact) mass is 477 g/mol. The van der Waals surface area contributed by atoms with Crippen LogP contribution in [0.4, 0.5) is 14.5 Å².